The van der Waals surface area contributed by atoms with Crippen LogP contribution in [0.3, 0.4) is 0 Å². The minimum absolute atomic E-state index is 0.296. The summed E-state index contributed by atoms with van der Waals surface area (Å²) < 4.78 is 18.4. The topological polar surface area (TPSA) is 22.1 Å². The maximum Gasteiger partial charge on any atom is 0.141 e. The zero-order valence-corrected chi connectivity index (χ0v) is 8.97. The Morgan fingerprint density at radius 1 is 1.62 bits per heavy atom. The van der Waals surface area contributed by atoms with Crippen LogP contribution in [0.25, 0.3) is 0 Å². The molecule has 0 spiro atoms. The molecule has 0 aliphatic heterocycles. The minimum atomic E-state index is -0.296. The fourth-order valence-corrected chi connectivity index (χ4v) is 1.46. The van der Waals surface area contributed by atoms with Crippen molar-refractivity contribution in [2.24, 2.45) is 0 Å². The Hall–Kier alpha value is -0.480. The second-order valence-corrected chi connectivity index (χ2v) is 3.45. The molecule has 0 bridgehead atoms. The van der Waals surface area contributed by atoms with Crippen molar-refractivity contribution in [3.8, 4) is 0 Å². The van der Waals surface area contributed by atoms with Gasteiger partial charge in [-0.3, -0.25) is 0 Å². The molecule has 72 valence electrons. The first-order chi connectivity index (χ1) is 6.24. The first-order valence-electron chi connectivity index (χ1n) is 4.03. The summed E-state index contributed by atoms with van der Waals surface area (Å²) in [4.78, 5) is 3.86. The molecule has 1 rings (SSSR count). The number of aromatic nitrogens is 1. The molecule has 0 radical (unpaired) electrons. The van der Waals surface area contributed by atoms with Crippen LogP contribution in [0, 0.1) is 5.82 Å². The summed E-state index contributed by atoms with van der Waals surface area (Å²) in [6.07, 6.45) is 2.85. The SMILES string of the molecule is COCCCc1cc(F)cnc1Br. The van der Waals surface area contributed by atoms with Crippen molar-refractivity contribution in [1.82, 2.24) is 4.98 Å². The van der Waals surface area contributed by atoms with E-state index in [1.807, 2.05) is 0 Å². The third kappa shape index (κ3) is 3.40. The van der Waals surface area contributed by atoms with Crippen molar-refractivity contribution < 1.29 is 9.13 Å². The van der Waals surface area contributed by atoms with Gasteiger partial charge in [0.2, 0.25) is 0 Å². The molecule has 0 saturated heterocycles. The molecule has 0 aromatic carbocycles. The molecule has 1 aromatic rings. The van der Waals surface area contributed by atoms with Crippen LogP contribution >= 0.6 is 15.9 Å². The molecule has 13 heavy (non-hydrogen) atoms. The maximum absolute atomic E-state index is 12.7. The standard InChI is InChI=1S/C9H11BrFNO/c1-13-4-2-3-7-5-8(11)6-12-9(7)10/h5-6H,2-4H2,1H3. The van der Waals surface area contributed by atoms with E-state index in [1.54, 1.807) is 7.11 Å². The van der Waals surface area contributed by atoms with Gasteiger partial charge in [-0.05, 0) is 40.4 Å². The number of nitrogens with zero attached hydrogens (tertiary/aromatic N) is 1. The van der Waals surface area contributed by atoms with E-state index < -0.39 is 0 Å². The molecule has 1 heterocycles. The summed E-state index contributed by atoms with van der Waals surface area (Å²) in [5.74, 6) is -0.296. The Bertz CT molecular complexity index is 280. The highest BCUT2D eigenvalue weighted by atomic mass is 79.9. The second kappa shape index (κ2) is 5.29. The van der Waals surface area contributed by atoms with Gasteiger partial charge in [-0.2, -0.15) is 0 Å². The Balaban J connectivity index is 2.59. The van der Waals surface area contributed by atoms with E-state index in [9.17, 15) is 4.39 Å². The van der Waals surface area contributed by atoms with Gasteiger partial charge in [-0.25, -0.2) is 9.37 Å². The van der Waals surface area contributed by atoms with Crippen LogP contribution < -0.4 is 0 Å². The summed E-state index contributed by atoms with van der Waals surface area (Å²) >= 11 is 3.26. The number of pyridine rings is 1. The highest BCUT2D eigenvalue weighted by molar-refractivity contribution is 9.10. The zero-order chi connectivity index (χ0) is 9.68. The van der Waals surface area contributed by atoms with E-state index in [-0.39, 0.29) is 5.82 Å². The Morgan fingerprint density at radius 3 is 3.08 bits per heavy atom. The van der Waals surface area contributed by atoms with Gasteiger partial charge in [0.15, 0.2) is 0 Å². The fraction of sp³-hybridized carbons (Fsp3) is 0.444. The molecule has 1 aromatic heterocycles. The first kappa shape index (κ1) is 10.6. The number of rotatable bonds is 4. The monoisotopic (exact) mass is 247 g/mol. The van der Waals surface area contributed by atoms with E-state index >= 15 is 0 Å². The number of aryl methyl sites for hydroxylation is 1. The predicted molar refractivity (Wildman–Crippen MR) is 52.1 cm³/mol. The van der Waals surface area contributed by atoms with E-state index in [0.717, 1.165) is 18.4 Å². The maximum atomic E-state index is 12.7. The summed E-state index contributed by atoms with van der Waals surface area (Å²) in [6, 6.07) is 1.49. The molecule has 0 unspecified atom stereocenters. The fourth-order valence-electron chi connectivity index (χ4n) is 1.05. The van der Waals surface area contributed by atoms with E-state index in [0.29, 0.717) is 11.2 Å². The molecule has 0 atom stereocenters. The average Bonchev–Trinajstić information content (AvgIpc) is 2.11. The van der Waals surface area contributed by atoms with E-state index in [4.69, 9.17) is 4.74 Å². The molecular formula is C9H11BrFNO. The van der Waals surface area contributed by atoms with E-state index in [1.165, 1.54) is 12.3 Å². The predicted octanol–water partition coefficient (Wildman–Crippen LogP) is 2.56. The molecule has 0 N–H and O–H groups in total. The number of hydrogen-bond acceptors (Lipinski definition) is 2. The summed E-state index contributed by atoms with van der Waals surface area (Å²) in [5.41, 5.74) is 0.886. The van der Waals surface area contributed by atoms with Gasteiger partial charge in [0.25, 0.3) is 0 Å². The summed E-state index contributed by atoms with van der Waals surface area (Å²) in [6.45, 7) is 0.683. The van der Waals surface area contributed by atoms with Crippen LogP contribution in [-0.4, -0.2) is 18.7 Å². The van der Waals surface area contributed by atoms with Gasteiger partial charge in [0.1, 0.15) is 10.4 Å². The largest absolute Gasteiger partial charge is 0.385 e. The lowest BCUT2D eigenvalue weighted by molar-refractivity contribution is 0.195. The quantitative estimate of drug-likeness (QED) is 0.603. The van der Waals surface area contributed by atoms with Crippen LogP contribution in [0.5, 0.6) is 0 Å². The average molecular weight is 248 g/mol. The molecule has 0 fully saturated rings. The van der Waals surface area contributed by atoms with Crippen LogP contribution in [0.2, 0.25) is 0 Å². The van der Waals surface area contributed by atoms with Crippen molar-refractivity contribution in [2.75, 3.05) is 13.7 Å². The van der Waals surface area contributed by atoms with Gasteiger partial charge < -0.3 is 4.74 Å². The first-order valence-corrected chi connectivity index (χ1v) is 4.82. The lowest BCUT2D eigenvalue weighted by Crippen LogP contribution is -1.95. The number of ether oxygens (including phenoxy) is 1. The minimum Gasteiger partial charge on any atom is -0.385 e. The zero-order valence-electron chi connectivity index (χ0n) is 7.39. The van der Waals surface area contributed by atoms with Crippen molar-refractivity contribution in [2.45, 2.75) is 12.8 Å². The third-order valence-electron chi connectivity index (χ3n) is 1.67. The molecule has 4 heteroatoms. The van der Waals surface area contributed by atoms with Gasteiger partial charge in [0, 0.05) is 13.7 Å². The smallest absolute Gasteiger partial charge is 0.141 e. The van der Waals surface area contributed by atoms with Gasteiger partial charge in [-0.15, -0.1) is 0 Å². The van der Waals surface area contributed by atoms with E-state index in [2.05, 4.69) is 20.9 Å². The Morgan fingerprint density at radius 2 is 2.38 bits per heavy atom. The third-order valence-corrected chi connectivity index (χ3v) is 2.39. The molecule has 0 aliphatic carbocycles. The van der Waals surface area contributed by atoms with Crippen molar-refractivity contribution in [3.63, 3.8) is 0 Å². The van der Waals surface area contributed by atoms with Gasteiger partial charge in [0.05, 0.1) is 6.20 Å². The molecule has 0 saturated carbocycles. The summed E-state index contributed by atoms with van der Waals surface area (Å²) in [7, 11) is 1.65. The van der Waals surface area contributed by atoms with Crippen LogP contribution in [0.4, 0.5) is 4.39 Å². The molecule has 2 nitrogen and oxygen atoms in total. The number of hydrogen-bond donors (Lipinski definition) is 0. The molecule has 0 amide bonds. The van der Waals surface area contributed by atoms with Gasteiger partial charge in [-0.1, -0.05) is 0 Å². The molecular weight excluding hydrogens is 237 g/mol. The lowest BCUT2D eigenvalue weighted by atomic mass is 10.2. The summed E-state index contributed by atoms with van der Waals surface area (Å²) in [5, 5.41) is 0. The van der Waals surface area contributed by atoms with Crippen LogP contribution in [0.15, 0.2) is 16.9 Å². The van der Waals surface area contributed by atoms with Gasteiger partial charge >= 0.3 is 0 Å². The second-order valence-electron chi connectivity index (χ2n) is 2.70. The highest BCUT2D eigenvalue weighted by Gasteiger charge is 2.02. The molecule has 0 aliphatic rings. The van der Waals surface area contributed by atoms with Crippen LogP contribution in [0.1, 0.15) is 12.0 Å². The van der Waals surface area contributed by atoms with Crippen molar-refractivity contribution >= 4 is 15.9 Å². The number of halogens is 2. The Kier molecular flexibility index (Phi) is 4.32. The normalized spacial score (nSPS) is 10.4. The number of methoxy groups -OCH3 is 1. The highest BCUT2D eigenvalue weighted by Crippen LogP contribution is 2.16. The lowest BCUT2D eigenvalue weighted by Gasteiger charge is -2.02. The van der Waals surface area contributed by atoms with Crippen LogP contribution in [-0.2, 0) is 11.2 Å². The van der Waals surface area contributed by atoms with Crippen molar-refractivity contribution in [1.29, 1.82) is 0 Å². The van der Waals surface area contributed by atoms with Crippen molar-refractivity contribution in [3.05, 3.63) is 28.2 Å². The Labute approximate surface area is 85.3 Å².